The molecule has 0 saturated carbocycles. The van der Waals surface area contributed by atoms with Crippen molar-refractivity contribution in [3.05, 3.63) is 35.4 Å². The molecule has 0 amide bonds. The lowest BCUT2D eigenvalue weighted by Gasteiger charge is -2.25. The van der Waals surface area contributed by atoms with Gasteiger partial charge in [0.1, 0.15) is 0 Å². The normalized spacial score (nSPS) is 25.8. The van der Waals surface area contributed by atoms with Crippen LogP contribution in [0.3, 0.4) is 0 Å². The minimum absolute atomic E-state index is 0.132. The number of aliphatic hydroxyl groups is 1. The smallest absolute Gasteiger partial charge is 0.0564 e. The summed E-state index contributed by atoms with van der Waals surface area (Å²) in [6.07, 6.45) is 2.98. The van der Waals surface area contributed by atoms with Crippen LogP contribution in [0.2, 0.25) is 0 Å². The number of rotatable bonds is 5. The van der Waals surface area contributed by atoms with Crippen LogP contribution in [0.1, 0.15) is 36.6 Å². The van der Waals surface area contributed by atoms with Crippen LogP contribution < -0.4 is 11.1 Å². The third-order valence-electron chi connectivity index (χ3n) is 3.76. The molecular weight excluding hydrogens is 244 g/mol. The molecular formula is C14H22N2OS. The van der Waals surface area contributed by atoms with E-state index in [0.717, 1.165) is 6.42 Å². The molecule has 1 aromatic carbocycles. The lowest BCUT2D eigenvalue weighted by atomic mass is 10.1. The van der Waals surface area contributed by atoms with E-state index in [-0.39, 0.29) is 23.9 Å². The maximum atomic E-state index is 9.33. The fraction of sp³-hybridized carbons (Fsp3) is 0.571. The van der Waals surface area contributed by atoms with Crippen LogP contribution in [0.4, 0.5) is 0 Å². The van der Waals surface area contributed by atoms with E-state index in [1.54, 1.807) is 11.8 Å². The van der Waals surface area contributed by atoms with Gasteiger partial charge in [0.25, 0.3) is 0 Å². The summed E-state index contributed by atoms with van der Waals surface area (Å²) in [6.45, 7) is 2.33. The molecule has 4 atom stereocenters. The van der Waals surface area contributed by atoms with Gasteiger partial charge < -0.3 is 16.2 Å². The molecule has 18 heavy (non-hydrogen) atoms. The lowest BCUT2D eigenvalue weighted by molar-refractivity contribution is 0.269. The Labute approximate surface area is 113 Å². The summed E-state index contributed by atoms with van der Waals surface area (Å²) in [6, 6.07) is 9.09. The molecule has 0 fully saturated rings. The second kappa shape index (κ2) is 6.06. The number of hydrogen-bond donors (Lipinski definition) is 3. The third-order valence-corrected chi connectivity index (χ3v) is 4.93. The topological polar surface area (TPSA) is 58.3 Å². The van der Waals surface area contributed by atoms with Crippen molar-refractivity contribution >= 4 is 11.8 Å². The maximum Gasteiger partial charge on any atom is 0.0564 e. The van der Waals surface area contributed by atoms with Crippen molar-refractivity contribution in [3.63, 3.8) is 0 Å². The zero-order valence-electron chi connectivity index (χ0n) is 11.0. The van der Waals surface area contributed by atoms with Gasteiger partial charge in [-0.25, -0.2) is 0 Å². The predicted molar refractivity (Wildman–Crippen MR) is 77.7 cm³/mol. The van der Waals surface area contributed by atoms with E-state index in [9.17, 15) is 5.11 Å². The zero-order valence-corrected chi connectivity index (χ0v) is 11.8. The van der Waals surface area contributed by atoms with Crippen LogP contribution in [0.15, 0.2) is 24.3 Å². The molecule has 3 nitrogen and oxygen atoms in total. The number of benzene rings is 1. The molecule has 1 aromatic rings. The second-order valence-electron chi connectivity index (χ2n) is 4.94. The molecule has 0 heterocycles. The number of nitrogens with one attached hydrogen (secondary N) is 1. The SMILES string of the molecule is CSC(CO)C(C)NC1CC(N)c2ccccc21. The summed E-state index contributed by atoms with van der Waals surface area (Å²) in [7, 11) is 0. The van der Waals surface area contributed by atoms with E-state index in [1.165, 1.54) is 11.1 Å². The van der Waals surface area contributed by atoms with Crippen LogP contribution in [-0.2, 0) is 0 Å². The summed E-state index contributed by atoms with van der Waals surface area (Å²) in [4.78, 5) is 0. The molecule has 4 unspecified atom stereocenters. The molecule has 0 radical (unpaired) electrons. The Balaban J connectivity index is 2.08. The average molecular weight is 266 g/mol. The first-order valence-corrected chi connectivity index (χ1v) is 7.70. The van der Waals surface area contributed by atoms with Gasteiger partial charge in [0, 0.05) is 23.4 Å². The van der Waals surface area contributed by atoms with Crippen molar-refractivity contribution in [1.82, 2.24) is 5.32 Å². The minimum Gasteiger partial charge on any atom is -0.395 e. The largest absolute Gasteiger partial charge is 0.395 e. The molecule has 0 saturated heterocycles. The van der Waals surface area contributed by atoms with Gasteiger partial charge in [-0.3, -0.25) is 0 Å². The lowest BCUT2D eigenvalue weighted by Crippen LogP contribution is -2.39. The van der Waals surface area contributed by atoms with Crippen molar-refractivity contribution in [1.29, 1.82) is 0 Å². The molecule has 0 aromatic heterocycles. The van der Waals surface area contributed by atoms with Crippen molar-refractivity contribution in [2.24, 2.45) is 5.73 Å². The molecule has 4 heteroatoms. The third kappa shape index (κ3) is 2.72. The Hall–Kier alpha value is -0.550. The van der Waals surface area contributed by atoms with Gasteiger partial charge in [0.05, 0.1) is 6.61 Å². The van der Waals surface area contributed by atoms with E-state index in [1.807, 2.05) is 12.3 Å². The van der Waals surface area contributed by atoms with Crippen LogP contribution in [0.25, 0.3) is 0 Å². The monoisotopic (exact) mass is 266 g/mol. The number of fused-ring (bicyclic) bond motifs is 1. The van der Waals surface area contributed by atoms with Crippen molar-refractivity contribution in [2.75, 3.05) is 12.9 Å². The van der Waals surface area contributed by atoms with Gasteiger partial charge in [0.15, 0.2) is 0 Å². The number of hydrogen-bond acceptors (Lipinski definition) is 4. The highest BCUT2D eigenvalue weighted by atomic mass is 32.2. The maximum absolute atomic E-state index is 9.33. The summed E-state index contributed by atoms with van der Waals surface area (Å²) < 4.78 is 0. The van der Waals surface area contributed by atoms with Crippen LogP contribution >= 0.6 is 11.8 Å². The van der Waals surface area contributed by atoms with E-state index >= 15 is 0 Å². The van der Waals surface area contributed by atoms with Gasteiger partial charge in [-0.15, -0.1) is 0 Å². The first-order chi connectivity index (χ1) is 8.67. The number of aliphatic hydroxyl groups excluding tert-OH is 1. The number of thioether (sulfide) groups is 1. The first-order valence-electron chi connectivity index (χ1n) is 6.41. The Kier molecular flexibility index (Phi) is 4.67. The molecule has 4 N–H and O–H groups in total. The molecule has 1 aliphatic carbocycles. The van der Waals surface area contributed by atoms with Crippen LogP contribution in [0.5, 0.6) is 0 Å². The molecule has 0 spiro atoms. The Bertz CT molecular complexity index is 395. The standard InChI is InChI=1S/C14H22N2OS/c1-9(14(8-17)18-2)16-13-7-12(15)10-5-3-4-6-11(10)13/h3-6,9,12-14,16-17H,7-8,15H2,1-2H3. The quantitative estimate of drug-likeness (QED) is 0.761. The highest BCUT2D eigenvalue weighted by Gasteiger charge is 2.30. The first kappa shape index (κ1) is 13.9. The Morgan fingerprint density at radius 1 is 1.44 bits per heavy atom. The van der Waals surface area contributed by atoms with Crippen molar-refractivity contribution in [3.8, 4) is 0 Å². The van der Waals surface area contributed by atoms with Gasteiger partial charge in [-0.2, -0.15) is 11.8 Å². The van der Waals surface area contributed by atoms with E-state index < -0.39 is 0 Å². The minimum atomic E-state index is 0.132. The molecule has 2 rings (SSSR count). The fourth-order valence-electron chi connectivity index (χ4n) is 2.69. The van der Waals surface area contributed by atoms with Crippen LogP contribution in [0, 0.1) is 0 Å². The van der Waals surface area contributed by atoms with Crippen LogP contribution in [-0.4, -0.2) is 29.3 Å². The van der Waals surface area contributed by atoms with Crippen molar-refractivity contribution in [2.45, 2.75) is 36.7 Å². The van der Waals surface area contributed by atoms with Gasteiger partial charge in [-0.05, 0) is 30.7 Å². The molecule has 0 aliphatic heterocycles. The zero-order chi connectivity index (χ0) is 13.1. The Morgan fingerprint density at radius 3 is 2.72 bits per heavy atom. The molecule has 0 bridgehead atoms. The van der Waals surface area contributed by atoms with E-state index in [4.69, 9.17) is 5.73 Å². The highest BCUT2D eigenvalue weighted by molar-refractivity contribution is 7.99. The molecule has 1 aliphatic rings. The Morgan fingerprint density at radius 2 is 2.11 bits per heavy atom. The van der Waals surface area contributed by atoms with Crippen molar-refractivity contribution < 1.29 is 5.11 Å². The molecule has 100 valence electrons. The average Bonchev–Trinajstić information content (AvgIpc) is 2.69. The highest BCUT2D eigenvalue weighted by Crippen LogP contribution is 2.37. The fourth-order valence-corrected chi connectivity index (χ4v) is 3.33. The van der Waals surface area contributed by atoms with E-state index in [2.05, 4.69) is 30.4 Å². The summed E-state index contributed by atoms with van der Waals surface area (Å²) in [5.41, 5.74) is 8.73. The van der Waals surface area contributed by atoms with E-state index in [0.29, 0.717) is 6.04 Å². The van der Waals surface area contributed by atoms with Gasteiger partial charge in [0.2, 0.25) is 0 Å². The summed E-state index contributed by atoms with van der Waals surface area (Å²) in [5.74, 6) is 0. The van der Waals surface area contributed by atoms with Gasteiger partial charge >= 0.3 is 0 Å². The number of nitrogens with two attached hydrogens (primary N) is 1. The summed E-state index contributed by atoms with van der Waals surface area (Å²) in [5, 5.41) is 13.2. The van der Waals surface area contributed by atoms with Gasteiger partial charge in [-0.1, -0.05) is 24.3 Å². The second-order valence-corrected chi connectivity index (χ2v) is 6.01. The predicted octanol–water partition coefficient (Wildman–Crippen LogP) is 1.83. The summed E-state index contributed by atoms with van der Waals surface area (Å²) >= 11 is 1.70.